The molecule has 5 nitrogen and oxygen atoms in total. The summed E-state index contributed by atoms with van der Waals surface area (Å²) in [6.45, 7) is 8.20. The minimum absolute atomic E-state index is 0.589. The minimum atomic E-state index is -0.629. The highest BCUT2D eigenvalue weighted by Gasteiger charge is 2.23. The summed E-state index contributed by atoms with van der Waals surface area (Å²) in [4.78, 5) is 0. The first-order valence-electron chi connectivity index (χ1n) is 5.37. The topological polar surface area (TPSA) is 63.8 Å². The SMILES string of the molecule is C=CCn1nnnc1SCC(O)(CC)CC. The van der Waals surface area contributed by atoms with Crippen LogP contribution in [0.4, 0.5) is 0 Å². The molecule has 1 rings (SSSR count). The van der Waals surface area contributed by atoms with Gasteiger partial charge >= 0.3 is 0 Å². The lowest BCUT2D eigenvalue weighted by atomic mass is 10.0. The van der Waals surface area contributed by atoms with Gasteiger partial charge in [0.05, 0.1) is 12.1 Å². The van der Waals surface area contributed by atoms with Gasteiger partial charge in [0.15, 0.2) is 0 Å². The second-order valence-corrected chi connectivity index (χ2v) is 4.59. The third-order valence-electron chi connectivity index (χ3n) is 2.59. The standard InChI is InChI=1S/C10H18N4OS/c1-4-7-14-9(11-12-13-14)16-8-10(15,5-2)6-3/h4,15H,1,5-8H2,2-3H3. The van der Waals surface area contributed by atoms with Crippen molar-refractivity contribution < 1.29 is 5.11 Å². The number of rotatable bonds is 7. The molecule has 0 aromatic carbocycles. The van der Waals surface area contributed by atoms with Gasteiger partial charge in [0.25, 0.3) is 0 Å². The van der Waals surface area contributed by atoms with Crippen LogP contribution in [0.2, 0.25) is 0 Å². The summed E-state index contributed by atoms with van der Waals surface area (Å²) in [7, 11) is 0. The number of aromatic nitrogens is 4. The van der Waals surface area contributed by atoms with Crippen LogP contribution in [0.5, 0.6) is 0 Å². The minimum Gasteiger partial charge on any atom is -0.389 e. The van der Waals surface area contributed by atoms with E-state index in [0.29, 0.717) is 12.3 Å². The van der Waals surface area contributed by atoms with E-state index in [1.54, 1.807) is 10.8 Å². The van der Waals surface area contributed by atoms with Crippen molar-refractivity contribution in [1.29, 1.82) is 0 Å². The normalized spacial score (nSPS) is 11.7. The van der Waals surface area contributed by atoms with Gasteiger partial charge in [0, 0.05) is 5.75 Å². The summed E-state index contributed by atoms with van der Waals surface area (Å²) in [5.41, 5.74) is -0.629. The number of nitrogens with zero attached hydrogens (tertiary/aromatic N) is 4. The molecule has 0 aliphatic heterocycles. The molecule has 0 aliphatic rings. The molecule has 1 heterocycles. The quantitative estimate of drug-likeness (QED) is 0.580. The first-order valence-corrected chi connectivity index (χ1v) is 6.36. The Kier molecular flexibility index (Phi) is 4.95. The summed E-state index contributed by atoms with van der Waals surface area (Å²) in [6, 6.07) is 0. The van der Waals surface area contributed by atoms with E-state index in [1.807, 2.05) is 13.8 Å². The summed E-state index contributed by atoms with van der Waals surface area (Å²) >= 11 is 1.48. The molecule has 0 radical (unpaired) electrons. The van der Waals surface area contributed by atoms with Crippen LogP contribution in [0.15, 0.2) is 17.8 Å². The molecule has 1 aromatic rings. The van der Waals surface area contributed by atoms with Crippen molar-refractivity contribution in [1.82, 2.24) is 20.2 Å². The predicted octanol–water partition coefficient (Wildman–Crippen LogP) is 1.50. The van der Waals surface area contributed by atoms with Crippen molar-refractivity contribution in [2.75, 3.05) is 5.75 Å². The third-order valence-corrected chi connectivity index (χ3v) is 3.82. The van der Waals surface area contributed by atoms with E-state index in [1.165, 1.54) is 11.8 Å². The summed E-state index contributed by atoms with van der Waals surface area (Å²) in [5.74, 6) is 0.609. The summed E-state index contributed by atoms with van der Waals surface area (Å²) in [5, 5.41) is 22.2. The largest absolute Gasteiger partial charge is 0.389 e. The molecule has 0 fully saturated rings. The van der Waals surface area contributed by atoms with E-state index in [9.17, 15) is 5.11 Å². The molecule has 0 amide bonds. The van der Waals surface area contributed by atoms with E-state index in [2.05, 4.69) is 22.1 Å². The lowest BCUT2D eigenvalue weighted by molar-refractivity contribution is 0.0571. The Labute approximate surface area is 99.9 Å². The van der Waals surface area contributed by atoms with Gasteiger partial charge in [-0.3, -0.25) is 0 Å². The van der Waals surface area contributed by atoms with Gasteiger partial charge < -0.3 is 5.11 Å². The molecule has 0 unspecified atom stereocenters. The molecule has 0 bridgehead atoms. The van der Waals surface area contributed by atoms with Crippen molar-refractivity contribution in [2.45, 2.75) is 44.0 Å². The summed E-state index contributed by atoms with van der Waals surface area (Å²) in [6.07, 6.45) is 3.21. The number of hydrogen-bond donors (Lipinski definition) is 1. The zero-order valence-electron chi connectivity index (χ0n) is 9.76. The first-order chi connectivity index (χ1) is 7.65. The fraction of sp³-hybridized carbons (Fsp3) is 0.700. The van der Waals surface area contributed by atoms with Crippen LogP contribution in [0.25, 0.3) is 0 Å². The van der Waals surface area contributed by atoms with Crippen molar-refractivity contribution in [3.63, 3.8) is 0 Å². The molecule has 6 heteroatoms. The number of allylic oxidation sites excluding steroid dienone is 1. The molecule has 0 saturated heterocycles. The van der Waals surface area contributed by atoms with Crippen LogP contribution in [-0.2, 0) is 6.54 Å². The van der Waals surface area contributed by atoms with Gasteiger partial charge in [-0.2, -0.15) is 0 Å². The number of hydrogen-bond acceptors (Lipinski definition) is 5. The van der Waals surface area contributed by atoms with Gasteiger partial charge in [0.2, 0.25) is 5.16 Å². The second-order valence-electron chi connectivity index (χ2n) is 3.65. The van der Waals surface area contributed by atoms with E-state index in [4.69, 9.17) is 0 Å². The average Bonchev–Trinajstić information content (AvgIpc) is 2.74. The van der Waals surface area contributed by atoms with Crippen molar-refractivity contribution in [3.8, 4) is 0 Å². The zero-order chi connectivity index (χ0) is 12.0. The lowest BCUT2D eigenvalue weighted by Gasteiger charge is -2.23. The van der Waals surface area contributed by atoms with Crippen molar-refractivity contribution in [2.24, 2.45) is 0 Å². The van der Waals surface area contributed by atoms with Gasteiger partial charge in [-0.05, 0) is 23.3 Å². The highest BCUT2D eigenvalue weighted by molar-refractivity contribution is 7.99. The predicted molar refractivity (Wildman–Crippen MR) is 64.3 cm³/mol. The molecule has 0 saturated carbocycles. The van der Waals surface area contributed by atoms with Gasteiger partial charge in [-0.1, -0.05) is 31.7 Å². The summed E-state index contributed by atoms with van der Waals surface area (Å²) < 4.78 is 1.67. The highest BCUT2D eigenvalue weighted by Crippen LogP contribution is 2.24. The van der Waals surface area contributed by atoms with Crippen molar-refractivity contribution >= 4 is 11.8 Å². The monoisotopic (exact) mass is 242 g/mol. The maximum atomic E-state index is 10.1. The van der Waals surface area contributed by atoms with Crippen LogP contribution < -0.4 is 0 Å². The Bertz CT molecular complexity index is 335. The number of thioether (sulfide) groups is 1. The van der Waals surface area contributed by atoms with E-state index < -0.39 is 5.60 Å². The van der Waals surface area contributed by atoms with Crippen LogP contribution >= 0.6 is 11.8 Å². The maximum absolute atomic E-state index is 10.1. The first kappa shape index (κ1) is 13.2. The Morgan fingerprint density at radius 2 is 2.19 bits per heavy atom. The Hall–Kier alpha value is -0.880. The lowest BCUT2D eigenvalue weighted by Crippen LogP contribution is -2.29. The van der Waals surface area contributed by atoms with Gasteiger partial charge in [-0.15, -0.1) is 11.7 Å². The molecular formula is C10H18N4OS. The van der Waals surface area contributed by atoms with Crippen LogP contribution in [0, 0.1) is 0 Å². The average molecular weight is 242 g/mol. The number of tetrazole rings is 1. The fourth-order valence-corrected chi connectivity index (χ4v) is 2.35. The molecule has 1 N–H and O–H groups in total. The van der Waals surface area contributed by atoms with Crippen LogP contribution in [0.1, 0.15) is 26.7 Å². The highest BCUT2D eigenvalue weighted by atomic mass is 32.2. The fourth-order valence-electron chi connectivity index (χ4n) is 1.19. The second kappa shape index (κ2) is 6.00. The molecule has 90 valence electrons. The van der Waals surface area contributed by atoms with E-state index >= 15 is 0 Å². The molecule has 1 aromatic heterocycles. The number of aliphatic hydroxyl groups is 1. The van der Waals surface area contributed by atoms with E-state index in [0.717, 1.165) is 18.0 Å². The third kappa shape index (κ3) is 3.31. The molecular weight excluding hydrogens is 224 g/mol. The smallest absolute Gasteiger partial charge is 0.209 e. The molecule has 0 spiro atoms. The van der Waals surface area contributed by atoms with E-state index in [-0.39, 0.29) is 0 Å². The van der Waals surface area contributed by atoms with Crippen LogP contribution in [-0.4, -0.2) is 36.7 Å². The zero-order valence-corrected chi connectivity index (χ0v) is 10.6. The molecule has 0 aliphatic carbocycles. The Morgan fingerprint density at radius 1 is 1.50 bits per heavy atom. The maximum Gasteiger partial charge on any atom is 0.209 e. The molecule has 0 atom stereocenters. The molecule has 16 heavy (non-hydrogen) atoms. The van der Waals surface area contributed by atoms with Gasteiger partial charge in [-0.25, -0.2) is 4.68 Å². The Balaban J connectivity index is 2.59. The van der Waals surface area contributed by atoms with Crippen LogP contribution in [0.3, 0.4) is 0 Å². The Morgan fingerprint density at radius 3 is 2.75 bits per heavy atom. The van der Waals surface area contributed by atoms with Gasteiger partial charge in [0.1, 0.15) is 0 Å². The van der Waals surface area contributed by atoms with Crippen molar-refractivity contribution in [3.05, 3.63) is 12.7 Å².